The van der Waals surface area contributed by atoms with E-state index in [0.29, 0.717) is 20.1 Å². The lowest BCUT2D eigenvalue weighted by molar-refractivity contribution is -0.137. The summed E-state index contributed by atoms with van der Waals surface area (Å²) in [6.45, 7) is 1.66. The Morgan fingerprint density at radius 2 is 1.48 bits per heavy atom. The fourth-order valence-corrected chi connectivity index (χ4v) is 6.76. The van der Waals surface area contributed by atoms with Crippen LogP contribution in [0, 0.1) is 0 Å². The monoisotopic (exact) mass is 594 g/mol. The van der Waals surface area contributed by atoms with Crippen LogP contribution in [0.2, 0.25) is 0 Å². The molecule has 208 valence electrons. The Hall–Kier alpha value is -3.67. The van der Waals surface area contributed by atoms with Crippen molar-refractivity contribution in [3.8, 4) is 0 Å². The maximum atomic E-state index is 13.4. The summed E-state index contributed by atoms with van der Waals surface area (Å²) in [5.41, 5.74) is 4.47. The lowest BCUT2D eigenvalue weighted by Gasteiger charge is -2.15. The number of thiocarbonyl (C=S) groups is 1. The van der Waals surface area contributed by atoms with Gasteiger partial charge in [0.15, 0.2) is 0 Å². The van der Waals surface area contributed by atoms with Crippen molar-refractivity contribution < 1.29 is 14.7 Å². The summed E-state index contributed by atoms with van der Waals surface area (Å²) in [4.78, 5) is 43.8. The predicted octanol–water partition coefficient (Wildman–Crippen LogP) is 3.03. The molecule has 1 amide bonds. The molecule has 0 spiro atoms. The fourth-order valence-electron chi connectivity index (χ4n) is 4.18. The average molecular weight is 595 g/mol. The van der Waals surface area contributed by atoms with Crippen molar-refractivity contribution in [2.45, 2.75) is 13.5 Å². The molecule has 1 saturated heterocycles. The number of aromatic nitrogens is 1. The maximum absolute atomic E-state index is 13.4. The lowest BCUT2D eigenvalue weighted by Crippen LogP contribution is -2.35. The number of thiazole rings is 1. The fraction of sp³-hybridized carbons (Fsp3) is 0.241. The Morgan fingerprint density at radius 3 is 1.90 bits per heavy atom. The topological polar surface area (TPSA) is 86.1 Å². The van der Waals surface area contributed by atoms with Crippen LogP contribution in [0.15, 0.2) is 59.4 Å². The Morgan fingerprint density at radius 1 is 0.950 bits per heavy atom. The van der Waals surface area contributed by atoms with Crippen LogP contribution in [0.4, 0.5) is 11.4 Å². The van der Waals surface area contributed by atoms with Crippen molar-refractivity contribution >= 4 is 79.4 Å². The molecule has 2 heterocycles. The number of thioether (sulfide) groups is 1. The summed E-state index contributed by atoms with van der Waals surface area (Å²) >= 11 is 7.52. The van der Waals surface area contributed by atoms with Crippen molar-refractivity contribution in [1.29, 1.82) is 0 Å². The van der Waals surface area contributed by atoms with Gasteiger partial charge in [0, 0.05) is 46.1 Å². The summed E-state index contributed by atoms with van der Waals surface area (Å²) < 4.78 is 2.16. The number of carboxylic acids is 1. The number of hydrogen-bond donors (Lipinski definition) is 1. The minimum Gasteiger partial charge on any atom is -0.480 e. The van der Waals surface area contributed by atoms with Gasteiger partial charge in [-0.3, -0.25) is 23.9 Å². The van der Waals surface area contributed by atoms with Crippen molar-refractivity contribution in [2.75, 3.05) is 44.5 Å². The first-order valence-electron chi connectivity index (χ1n) is 12.5. The number of rotatable bonds is 8. The smallest absolute Gasteiger partial charge is 0.323 e. The van der Waals surface area contributed by atoms with E-state index in [2.05, 4.69) is 0 Å². The van der Waals surface area contributed by atoms with Gasteiger partial charge in [-0.2, -0.15) is 0 Å². The van der Waals surface area contributed by atoms with E-state index in [1.54, 1.807) is 6.08 Å². The number of carbonyl (C=O) groups excluding carboxylic acids is 1. The molecule has 3 aromatic rings. The van der Waals surface area contributed by atoms with E-state index in [9.17, 15) is 19.5 Å². The van der Waals surface area contributed by atoms with E-state index in [4.69, 9.17) is 12.2 Å². The van der Waals surface area contributed by atoms with Crippen LogP contribution in [0.25, 0.3) is 16.6 Å². The molecule has 0 atom stereocenters. The minimum absolute atomic E-state index is 0.276. The number of carbonyl (C=O) groups is 2. The number of anilines is 2. The third-order valence-corrected chi connectivity index (χ3v) is 9.07. The summed E-state index contributed by atoms with van der Waals surface area (Å²) in [6, 6.07) is 16.2. The molecular weight excluding hydrogens is 565 g/mol. The van der Waals surface area contributed by atoms with Crippen molar-refractivity contribution in [1.82, 2.24) is 9.47 Å². The molecule has 1 aliphatic rings. The van der Waals surface area contributed by atoms with Crippen LogP contribution < -0.4 is 24.6 Å². The minimum atomic E-state index is -1.17. The Bertz CT molecular complexity index is 1610. The number of amides is 1. The second-order valence-corrected chi connectivity index (χ2v) is 12.1. The van der Waals surface area contributed by atoms with Gasteiger partial charge in [0.2, 0.25) is 0 Å². The largest absolute Gasteiger partial charge is 0.480 e. The maximum Gasteiger partial charge on any atom is 0.323 e. The zero-order chi connectivity index (χ0) is 29.1. The van der Waals surface area contributed by atoms with Crippen LogP contribution in [-0.4, -0.2) is 65.5 Å². The molecule has 0 bridgehead atoms. The third-order valence-electron chi connectivity index (χ3n) is 6.35. The van der Waals surface area contributed by atoms with Crippen molar-refractivity contribution in [3.63, 3.8) is 0 Å². The molecule has 1 N–H and O–H groups in total. The highest BCUT2D eigenvalue weighted by Gasteiger charge is 2.33. The second kappa shape index (κ2) is 12.2. The van der Waals surface area contributed by atoms with Gasteiger partial charge in [0.25, 0.3) is 11.5 Å². The van der Waals surface area contributed by atoms with Gasteiger partial charge in [-0.1, -0.05) is 54.3 Å². The van der Waals surface area contributed by atoms with E-state index in [0.717, 1.165) is 55.7 Å². The highest BCUT2D eigenvalue weighted by Crippen LogP contribution is 2.31. The first-order chi connectivity index (χ1) is 19.0. The van der Waals surface area contributed by atoms with Crippen LogP contribution in [0.1, 0.15) is 18.1 Å². The highest BCUT2D eigenvalue weighted by atomic mass is 32.2. The van der Waals surface area contributed by atoms with Gasteiger partial charge in [0.05, 0.1) is 4.53 Å². The number of allylic oxidation sites excluding steroid dienone is 1. The summed E-state index contributed by atoms with van der Waals surface area (Å²) in [5.74, 6) is -1.49. The van der Waals surface area contributed by atoms with Crippen LogP contribution in [0.3, 0.4) is 0 Å². The van der Waals surface area contributed by atoms with Crippen molar-refractivity contribution in [2.24, 2.45) is 0 Å². The lowest BCUT2D eigenvalue weighted by atomic mass is 9.97. The summed E-state index contributed by atoms with van der Waals surface area (Å²) in [5, 5.41) is 9.50. The number of aliphatic carboxylic acids is 1. The van der Waals surface area contributed by atoms with E-state index >= 15 is 0 Å². The molecule has 8 nitrogen and oxygen atoms in total. The SMILES string of the molecule is CCN1C(=O)/C(=c2/s/c(=C/C=C(c3ccc(N(C)C)cc3)c3ccc(N(C)C)cc3)c(=O)n2CC(=O)O)SC1=S. The average Bonchev–Trinajstić information content (AvgIpc) is 3.38. The van der Waals surface area contributed by atoms with Gasteiger partial charge in [-0.05, 0) is 54.0 Å². The molecule has 0 unspecified atom stereocenters. The molecule has 40 heavy (non-hydrogen) atoms. The molecule has 4 rings (SSSR count). The normalized spacial score (nSPS) is 15.0. The van der Waals surface area contributed by atoms with E-state index < -0.39 is 18.1 Å². The van der Waals surface area contributed by atoms with Crippen LogP contribution >= 0.6 is 35.3 Å². The molecule has 1 aliphatic heterocycles. The molecule has 1 fully saturated rings. The van der Waals surface area contributed by atoms with Crippen LogP contribution in [0.5, 0.6) is 0 Å². The van der Waals surface area contributed by atoms with Crippen LogP contribution in [-0.2, 0) is 16.1 Å². The standard InChI is InChI=1S/C29H30N4O4S3/c1-6-32-27(37)25(40-29(32)38)28-33(17-24(34)35)26(36)23(39-28)16-15-22(18-7-11-20(12-8-18)30(2)3)19-9-13-21(14-10-19)31(4)5/h7-16H,6,17H2,1-5H3,(H,34,35)/b23-16+,28-25-. The van der Waals surface area contributed by atoms with Gasteiger partial charge in [-0.15, -0.1) is 11.3 Å². The molecule has 2 aromatic carbocycles. The zero-order valence-electron chi connectivity index (χ0n) is 22.9. The number of benzene rings is 2. The molecular formula is C29H30N4O4S3. The molecule has 11 heteroatoms. The Labute approximate surface area is 246 Å². The predicted molar refractivity (Wildman–Crippen MR) is 170 cm³/mol. The van der Waals surface area contributed by atoms with Gasteiger partial charge in [-0.25, -0.2) is 0 Å². The summed E-state index contributed by atoms with van der Waals surface area (Å²) in [6.07, 6.45) is 3.57. The molecule has 1 aromatic heterocycles. The van der Waals surface area contributed by atoms with Gasteiger partial charge < -0.3 is 14.9 Å². The van der Waals surface area contributed by atoms with E-state index in [-0.39, 0.29) is 10.8 Å². The van der Waals surface area contributed by atoms with Crippen molar-refractivity contribution in [3.05, 3.63) is 85.3 Å². The van der Waals surface area contributed by atoms with E-state index in [1.165, 1.54) is 4.90 Å². The molecule has 0 aliphatic carbocycles. The van der Waals surface area contributed by atoms with E-state index in [1.807, 2.05) is 99.5 Å². The second-order valence-electron chi connectivity index (χ2n) is 9.43. The third kappa shape index (κ3) is 6.06. The molecule has 0 radical (unpaired) electrons. The highest BCUT2D eigenvalue weighted by molar-refractivity contribution is 8.30. The molecule has 0 saturated carbocycles. The van der Waals surface area contributed by atoms with Gasteiger partial charge >= 0.3 is 5.97 Å². The van der Waals surface area contributed by atoms with Gasteiger partial charge in [0.1, 0.15) is 20.4 Å². The zero-order valence-corrected chi connectivity index (χ0v) is 25.3. The quantitative estimate of drug-likeness (QED) is 0.399. The first-order valence-corrected chi connectivity index (χ1v) is 14.5. The number of carboxylic acid groups (broad SMARTS) is 1. The summed E-state index contributed by atoms with van der Waals surface area (Å²) in [7, 11) is 7.92. The Kier molecular flexibility index (Phi) is 8.97. The first kappa shape index (κ1) is 29.3. The number of hydrogen-bond acceptors (Lipinski definition) is 8. The Balaban J connectivity index is 1.92. The number of nitrogens with zero attached hydrogens (tertiary/aromatic N) is 4.